The van der Waals surface area contributed by atoms with E-state index in [-0.39, 0.29) is 36.0 Å². The van der Waals surface area contributed by atoms with Gasteiger partial charge in [-0.3, -0.25) is 19.3 Å². The van der Waals surface area contributed by atoms with Crippen LogP contribution in [-0.2, 0) is 19.9 Å². The molecule has 4 aliphatic rings. The quantitative estimate of drug-likeness (QED) is 0.558. The molecule has 0 aliphatic carbocycles. The monoisotopic (exact) mass is 481 g/mol. The fourth-order valence-corrected chi connectivity index (χ4v) is 7.58. The molecule has 4 aliphatic heterocycles. The lowest BCUT2D eigenvalue weighted by Crippen LogP contribution is -2.59. The molecule has 0 saturated carbocycles. The maximum Gasteiger partial charge on any atom is 0.250 e. The van der Waals surface area contributed by atoms with Crippen molar-refractivity contribution < 1.29 is 18.8 Å². The average molecular weight is 482 g/mol. The Morgan fingerprint density at radius 2 is 1.61 bits per heavy atom. The van der Waals surface area contributed by atoms with Crippen molar-refractivity contribution in [1.82, 2.24) is 4.90 Å². The summed E-state index contributed by atoms with van der Waals surface area (Å²) in [5.74, 6) is -1.78. The van der Waals surface area contributed by atoms with Gasteiger partial charge >= 0.3 is 0 Å². The first-order valence-electron chi connectivity index (χ1n) is 12.4. The van der Waals surface area contributed by atoms with Crippen LogP contribution in [0.15, 0.2) is 78.9 Å². The smallest absolute Gasteiger partial charge is 0.250 e. The minimum Gasteiger partial charge on any atom is -0.324 e. The number of halogens is 1. The number of anilines is 2. The van der Waals surface area contributed by atoms with E-state index in [1.54, 1.807) is 36.4 Å². The summed E-state index contributed by atoms with van der Waals surface area (Å²) in [6.07, 6.45) is 1.56. The maximum atomic E-state index is 14.8. The third kappa shape index (κ3) is 2.41. The summed E-state index contributed by atoms with van der Waals surface area (Å²) in [6.45, 7) is 0.638. The second-order valence-electron chi connectivity index (χ2n) is 10.2. The van der Waals surface area contributed by atoms with Crippen LogP contribution in [0.3, 0.4) is 0 Å². The van der Waals surface area contributed by atoms with Gasteiger partial charge in [0.1, 0.15) is 11.4 Å². The lowest BCUT2D eigenvalue weighted by atomic mass is 9.58. The van der Waals surface area contributed by atoms with Gasteiger partial charge in [-0.15, -0.1) is 0 Å². The van der Waals surface area contributed by atoms with E-state index in [0.29, 0.717) is 17.9 Å². The van der Waals surface area contributed by atoms with Crippen LogP contribution in [0.5, 0.6) is 0 Å². The number of amides is 3. The van der Waals surface area contributed by atoms with Crippen molar-refractivity contribution in [1.29, 1.82) is 0 Å². The summed E-state index contributed by atoms with van der Waals surface area (Å²) in [5.41, 5.74) is -0.0256. The van der Waals surface area contributed by atoms with Crippen molar-refractivity contribution >= 4 is 29.1 Å². The number of rotatable bonds is 2. The molecule has 0 bridgehead atoms. The second kappa shape index (κ2) is 7.34. The van der Waals surface area contributed by atoms with Gasteiger partial charge in [-0.2, -0.15) is 0 Å². The van der Waals surface area contributed by atoms with E-state index >= 15 is 0 Å². The molecule has 0 aromatic heterocycles. The first-order valence-corrected chi connectivity index (χ1v) is 12.4. The van der Waals surface area contributed by atoms with Crippen LogP contribution in [0.25, 0.3) is 0 Å². The minimum atomic E-state index is -1.38. The molecule has 1 N–H and O–H groups in total. The van der Waals surface area contributed by atoms with Gasteiger partial charge in [0.2, 0.25) is 11.8 Å². The van der Waals surface area contributed by atoms with Gasteiger partial charge in [-0.1, -0.05) is 48.5 Å². The third-order valence-corrected chi connectivity index (χ3v) is 8.69. The van der Waals surface area contributed by atoms with E-state index in [1.807, 2.05) is 30.3 Å². The number of hydrogen-bond donors (Lipinski definition) is 1. The molecule has 2 spiro atoms. The van der Waals surface area contributed by atoms with Crippen molar-refractivity contribution in [3.63, 3.8) is 0 Å². The molecule has 180 valence electrons. The Hall–Kier alpha value is -3.84. The molecule has 3 fully saturated rings. The van der Waals surface area contributed by atoms with Crippen molar-refractivity contribution in [3.8, 4) is 0 Å². The van der Waals surface area contributed by atoms with E-state index in [4.69, 9.17) is 0 Å². The Morgan fingerprint density at radius 1 is 0.889 bits per heavy atom. The number of carbonyl (C=O) groups is 3. The first-order chi connectivity index (χ1) is 17.5. The summed E-state index contributed by atoms with van der Waals surface area (Å²) in [6, 6.07) is 22.5. The largest absolute Gasteiger partial charge is 0.324 e. The number of carbonyl (C=O) groups excluding carboxylic acids is 3. The van der Waals surface area contributed by atoms with Gasteiger partial charge in [0.25, 0.3) is 5.91 Å². The van der Waals surface area contributed by atoms with Crippen LogP contribution in [0.1, 0.15) is 36.3 Å². The molecule has 6 nitrogen and oxygen atoms in total. The zero-order chi connectivity index (χ0) is 24.7. The maximum absolute atomic E-state index is 14.8. The lowest BCUT2D eigenvalue weighted by Gasteiger charge is -2.43. The van der Waals surface area contributed by atoms with Crippen LogP contribution < -0.4 is 10.2 Å². The van der Waals surface area contributed by atoms with Gasteiger partial charge in [-0.25, -0.2) is 9.29 Å². The van der Waals surface area contributed by atoms with Crippen LogP contribution >= 0.6 is 0 Å². The van der Waals surface area contributed by atoms with Crippen molar-refractivity contribution in [3.05, 3.63) is 95.8 Å². The number of imide groups is 1. The minimum absolute atomic E-state index is 0.0997. The van der Waals surface area contributed by atoms with E-state index < -0.39 is 16.9 Å². The summed E-state index contributed by atoms with van der Waals surface area (Å²) in [7, 11) is 0. The lowest BCUT2D eigenvalue weighted by molar-refractivity contribution is -0.143. The molecule has 7 rings (SSSR count). The molecule has 3 aromatic rings. The molecule has 0 unspecified atom stereocenters. The predicted molar refractivity (Wildman–Crippen MR) is 132 cm³/mol. The molecule has 4 heterocycles. The van der Waals surface area contributed by atoms with Crippen molar-refractivity contribution in [2.24, 2.45) is 5.41 Å². The van der Waals surface area contributed by atoms with Gasteiger partial charge in [0.15, 0.2) is 0 Å². The van der Waals surface area contributed by atoms with Crippen molar-refractivity contribution in [2.75, 3.05) is 16.8 Å². The SMILES string of the molecule is O=C1C[C@]2(C(=O)N1c1ccccc1)[C@H](c1ccc(F)cc1)[C@H]1CCCN1[C@]21C(=O)Nc2ccccc21. The van der Waals surface area contributed by atoms with Crippen molar-refractivity contribution in [2.45, 2.75) is 36.8 Å². The highest BCUT2D eigenvalue weighted by Gasteiger charge is 2.80. The van der Waals surface area contributed by atoms with E-state index in [2.05, 4.69) is 10.2 Å². The molecule has 3 amide bonds. The number of hydrogen-bond acceptors (Lipinski definition) is 4. The summed E-state index contributed by atoms with van der Waals surface area (Å²) in [5, 5.41) is 3.04. The Morgan fingerprint density at radius 3 is 2.39 bits per heavy atom. The summed E-state index contributed by atoms with van der Waals surface area (Å²) < 4.78 is 14.0. The van der Waals surface area contributed by atoms with E-state index in [9.17, 15) is 18.8 Å². The Bertz CT molecular complexity index is 1430. The highest BCUT2D eigenvalue weighted by atomic mass is 19.1. The molecule has 7 heteroatoms. The van der Waals surface area contributed by atoms with Gasteiger partial charge < -0.3 is 5.32 Å². The van der Waals surface area contributed by atoms with Crippen LogP contribution in [0, 0.1) is 11.2 Å². The topological polar surface area (TPSA) is 69.7 Å². The molecular weight excluding hydrogens is 457 g/mol. The normalized spacial score (nSPS) is 30.9. The van der Waals surface area contributed by atoms with E-state index in [0.717, 1.165) is 24.0 Å². The number of nitrogens with zero attached hydrogens (tertiary/aromatic N) is 2. The Labute approximate surface area is 207 Å². The molecule has 3 aromatic carbocycles. The number of fused-ring (bicyclic) bond motifs is 5. The van der Waals surface area contributed by atoms with Gasteiger partial charge in [0, 0.05) is 29.6 Å². The second-order valence-corrected chi connectivity index (χ2v) is 10.2. The number of benzene rings is 3. The Balaban J connectivity index is 1.54. The third-order valence-electron chi connectivity index (χ3n) is 8.69. The molecule has 3 saturated heterocycles. The summed E-state index contributed by atoms with van der Waals surface area (Å²) >= 11 is 0. The fourth-order valence-electron chi connectivity index (χ4n) is 7.58. The van der Waals surface area contributed by atoms with Crippen LogP contribution in [0.2, 0.25) is 0 Å². The number of nitrogens with one attached hydrogen (secondary N) is 1. The predicted octanol–water partition coefficient (Wildman–Crippen LogP) is 4.18. The zero-order valence-corrected chi connectivity index (χ0v) is 19.5. The van der Waals surface area contributed by atoms with Gasteiger partial charge in [0.05, 0.1) is 11.1 Å². The molecule has 4 atom stereocenters. The molecular formula is C29H24FN3O3. The average Bonchev–Trinajstić information content (AvgIpc) is 3.59. The first kappa shape index (κ1) is 21.4. The molecule has 36 heavy (non-hydrogen) atoms. The summed E-state index contributed by atoms with van der Waals surface area (Å²) in [4.78, 5) is 46.1. The van der Waals surface area contributed by atoms with Gasteiger partial charge in [-0.05, 0) is 55.3 Å². The number of para-hydroxylation sites is 2. The van der Waals surface area contributed by atoms with Crippen LogP contribution in [-0.4, -0.2) is 35.2 Å². The highest BCUT2D eigenvalue weighted by Crippen LogP contribution is 2.70. The highest BCUT2D eigenvalue weighted by molar-refractivity contribution is 6.26. The Kier molecular flexibility index (Phi) is 4.37. The van der Waals surface area contributed by atoms with E-state index in [1.165, 1.54) is 17.0 Å². The molecule has 0 radical (unpaired) electrons. The van der Waals surface area contributed by atoms with Crippen LogP contribution in [0.4, 0.5) is 15.8 Å². The standard InChI is InChI=1S/C29H24FN3O3/c30-19-14-12-18(13-15-19)25-23-11-6-16-32(23)29(21-9-4-5-10-22(21)31-26(29)35)28(25)17-24(34)33(27(28)36)20-7-2-1-3-8-20/h1-5,7-10,12-15,23,25H,6,11,16-17H2,(H,31,35)/t23-,25-,28-,29-/m1/s1. The zero-order valence-electron chi connectivity index (χ0n) is 19.5. The fraction of sp³-hybridized carbons (Fsp3) is 0.276.